The van der Waals surface area contributed by atoms with Gasteiger partial charge in [0, 0.05) is 31.5 Å². The van der Waals surface area contributed by atoms with Gasteiger partial charge < -0.3 is 10.3 Å². The van der Waals surface area contributed by atoms with Crippen LogP contribution in [0.15, 0.2) is 17.2 Å². The minimum Gasteiger partial charge on any atom is -0.349 e. The molecule has 0 radical (unpaired) electrons. The number of hydrogen-bond acceptors (Lipinski definition) is 3. The van der Waals surface area contributed by atoms with Crippen molar-refractivity contribution in [1.82, 2.24) is 9.29 Å². The predicted octanol–water partition coefficient (Wildman–Crippen LogP) is 1.68. The SMILES string of the molecule is CCn1cc(S(=O)(=O)NCC(C)(C)CC)cc1CN. The van der Waals surface area contributed by atoms with Crippen molar-refractivity contribution in [1.29, 1.82) is 0 Å². The molecule has 0 atom stereocenters. The first-order valence-electron chi connectivity index (χ1n) is 6.64. The van der Waals surface area contributed by atoms with Crippen LogP contribution in [0.25, 0.3) is 0 Å². The number of aromatic nitrogens is 1. The molecule has 0 fully saturated rings. The van der Waals surface area contributed by atoms with Crippen LogP contribution in [0.3, 0.4) is 0 Å². The van der Waals surface area contributed by atoms with Gasteiger partial charge in [-0.2, -0.15) is 0 Å². The van der Waals surface area contributed by atoms with Crippen molar-refractivity contribution in [2.45, 2.75) is 52.1 Å². The number of sulfonamides is 1. The molecular formula is C13H25N3O2S. The zero-order chi connectivity index (χ0) is 14.7. The number of hydrogen-bond donors (Lipinski definition) is 2. The summed E-state index contributed by atoms with van der Waals surface area (Å²) in [5, 5.41) is 0. The number of nitrogens with two attached hydrogens (primary N) is 1. The molecule has 0 aliphatic rings. The summed E-state index contributed by atoms with van der Waals surface area (Å²) in [7, 11) is -3.45. The van der Waals surface area contributed by atoms with Crippen LogP contribution in [0.2, 0.25) is 0 Å². The van der Waals surface area contributed by atoms with Crippen molar-refractivity contribution in [2.24, 2.45) is 11.1 Å². The van der Waals surface area contributed by atoms with E-state index in [9.17, 15) is 8.42 Å². The Morgan fingerprint density at radius 2 is 2.00 bits per heavy atom. The van der Waals surface area contributed by atoms with E-state index in [1.807, 2.05) is 32.3 Å². The third kappa shape index (κ3) is 4.06. The maximum Gasteiger partial charge on any atom is 0.242 e. The highest BCUT2D eigenvalue weighted by atomic mass is 32.2. The average molecular weight is 287 g/mol. The van der Waals surface area contributed by atoms with Gasteiger partial charge in [0.15, 0.2) is 0 Å². The highest BCUT2D eigenvalue weighted by molar-refractivity contribution is 7.89. The fourth-order valence-electron chi connectivity index (χ4n) is 1.64. The standard InChI is InChI=1S/C13H25N3O2S/c1-5-13(3,4)10-15-19(17,18)12-7-11(8-14)16(6-2)9-12/h7,9,15H,5-6,8,10,14H2,1-4H3. The van der Waals surface area contributed by atoms with Gasteiger partial charge in [0.25, 0.3) is 0 Å². The minimum absolute atomic E-state index is 0.0446. The first kappa shape index (κ1) is 16.2. The first-order valence-corrected chi connectivity index (χ1v) is 8.13. The van der Waals surface area contributed by atoms with Crippen molar-refractivity contribution >= 4 is 10.0 Å². The normalized spacial score (nSPS) is 12.9. The van der Waals surface area contributed by atoms with Crippen LogP contribution >= 0.6 is 0 Å². The van der Waals surface area contributed by atoms with E-state index < -0.39 is 10.0 Å². The molecule has 0 saturated carbocycles. The van der Waals surface area contributed by atoms with Crippen LogP contribution in [0.1, 0.15) is 39.8 Å². The molecule has 3 N–H and O–H groups in total. The highest BCUT2D eigenvalue weighted by Crippen LogP contribution is 2.20. The summed E-state index contributed by atoms with van der Waals surface area (Å²) >= 11 is 0. The quantitative estimate of drug-likeness (QED) is 0.801. The number of nitrogens with zero attached hydrogens (tertiary/aromatic N) is 1. The lowest BCUT2D eigenvalue weighted by atomic mass is 9.91. The minimum atomic E-state index is -3.45. The molecule has 0 saturated heterocycles. The molecular weight excluding hydrogens is 262 g/mol. The van der Waals surface area contributed by atoms with E-state index in [0.29, 0.717) is 24.5 Å². The Kier molecular flexibility index (Phi) is 5.18. The monoisotopic (exact) mass is 287 g/mol. The fourth-order valence-corrected chi connectivity index (χ4v) is 2.94. The van der Waals surface area contributed by atoms with Crippen molar-refractivity contribution in [3.8, 4) is 0 Å². The van der Waals surface area contributed by atoms with Crippen LogP contribution in [0.5, 0.6) is 0 Å². The third-order valence-corrected chi connectivity index (χ3v) is 4.89. The lowest BCUT2D eigenvalue weighted by Crippen LogP contribution is -2.33. The molecule has 1 aromatic heterocycles. The van der Waals surface area contributed by atoms with Gasteiger partial charge in [-0.3, -0.25) is 0 Å². The van der Waals surface area contributed by atoms with Crippen LogP contribution in [-0.2, 0) is 23.1 Å². The fraction of sp³-hybridized carbons (Fsp3) is 0.692. The molecule has 110 valence electrons. The molecule has 19 heavy (non-hydrogen) atoms. The molecule has 5 nitrogen and oxygen atoms in total. The summed E-state index contributed by atoms with van der Waals surface area (Å²) < 4.78 is 29.0. The largest absolute Gasteiger partial charge is 0.349 e. The van der Waals surface area contributed by atoms with E-state index in [1.165, 1.54) is 0 Å². The number of nitrogens with one attached hydrogen (secondary N) is 1. The van der Waals surface area contributed by atoms with Crippen molar-refractivity contribution < 1.29 is 8.42 Å². The molecule has 0 spiro atoms. The highest BCUT2D eigenvalue weighted by Gasteiger charge is 2.22. The molecule has 0 aliphatic heterocycles. The Morgan fingerprint density at radius 1 is 1.37 bits per heavy atom. The van der Waals surface area contributed by atoms with Gasteiger partial charge in [-0.25, -0.2) is 13.1 Å². The van der Waals surface area contributed by atoms with Gasteiger partial charge in [-0.15, -0.1) is 0 Å². The van der Waals surface area contributed by atoms with Gasteiger partial charge in [0.05, 0.1) is 4.90 Å². The molecule has 6 heteroatoms. The summed E-state index contributed by atoms with van der Waals surface area (Å²) in [5.74, 6) is 0. The van der Waals surface area contributed by atoms with Crippen molar-refractivity contribution in [3.05, 3.63) is 18.0 Å². The maximum absolute atomic E-state index is 12.2. The summed E-state index contributed by atoms with van der Waals surface area (Å²) in [6, 6.07) is 1.64. The van der Waals surface area contributed by atoms with Crippen LogP contribution < -0.4 is 10.5 Å². The van der Waals surface area contributed by atoms with Gasteiger partial charge in [-0.1, -0.05) is 20.8 Å². The summed E-state index contributed by atoms with van der Waals surface area (Å²) in [4.78, 5) is 0.293. The van der Waals surface area contributed by atoms with Gasteiger partial charge in [0.2, 0.25) is 10.0 Å². The second-order valence-corrected chi connectivity index (χ2v) is 7.27. The van der Waals surface area contributed by atoms with E-state index in [4.69, 9.17) is 5.73 Å². The zero-order valence-electron chi connectivity index (χ0n) is 12.2. The molecule has 0 aliphatic carbocycles. The Hall–Kier alpha value is -0.850. The van der Waals surface area contributed by atoms with E-state index in [-0.39, 0.29) is 5.41 Å². The van der Waals surface area contributed by atoms with Crippen LogP contribution in [0.4, 0.5) is 0 Å². The molecule has 1 rings (SSSR count). The third-order valence-electron chi connectivity index (χ3n) is 3.52. The molecule has 1 aromatic rings. The summed E-state index contributed by atoms with van der Waals surface area (Å²) in [6.45, 7) is 9.57. The maximum atomic E-state index is 12.2. The summed E-state index contributed by atoms with van der Waals surface area (Å²) in [6.07, 6.45) is 2.56. The molecule has 0 amide bonds. The number of aryl methyl sites for hydroxylation is 1. The Morgan fingerprint density at radius 3 is 2.42 bits per heavy atom. The first-order chi connectivity index (χ1) is 8.75. The van der Waals surface area contributed by atoms with Crippen LogP contribution in [0, 0.1) is 5.41 Å². The second kappa shape index (κ2) is 6.07. The molecule has 0 unspecified atom stereocenters. The predicted molar refractivity (Wildman–Crippen MR) is 77.3 cm³/mol. The Balaban J connectivity index is 2.92. The molecule has 1 heterocycles. The smallest absolute Gasteiger partial charge is 0.242 e. The zero-order valence-corrected chi connectivity index (χ0v) is 13.0. The molecule has 0 bridgehead atoms. The van der Waals surface area contributed by atoms with Crippen molar-refractivity contribution in [2.75, 3.05) is 6.54 Å². The second-order valence-electron chi connectivity index (χ2n) is 5.50. The van der Waals surface area contributed by atoms with Gasteiger partial charge in [-0.05, 0) is 24.8 Å². The van der Waals surface area contributed by atoms with Crippen molar-refractivity contribution in [3.63, 3.8) is 0 Å². The average Bonchev–Trinajstić information content (AvgIpc) is 2.80. The van der Waals surface area contributed by atoms with E-state index >= 15 is 0 Å². The van der Waals surface area contributed by atoms with Crippen LogP contribution in [-0.4, -0.2) is 19.5 Å². The van der Waals surface area contributed by atoms with E-state index in [1.54, 1.807) is 12.3 Å². The lowest BCUT2D eigenvalue weighted by molar-refractivity contribution is 0.350. The Labute approximate surface area is 116 Å². The van der Waals surface area contributed by atoms with Gasteiger partial charge in [0.1, 0.15) is 0 Å². The topological polar surface area (TPSA) is 77.1 Å². The Bertz CT molecular complexity index is 496. The summed E-state index contributed by atoms with van der Waals surface area (Å²) in [5.41, 5.74) is 6.40. The molecule has 0 aromatic carbocycles. The van der Waals surface area contributed by atoms with Gasteiger partial charge >= 0.3 is 0 Å². The lowest BCUT2D eigenvalue weighted by Gasteiger charge is -2.22. The number of rotatable bonds is 7. The van der Waals surface area contributed by atoms with E-state index in [0.717, 1.165) is 12.1 Å². The van der Waals surface area contributed by atoms with E-state index in [2.05, 4.69) is 4.72 Å².